The molecule has 1 heterocycles. The standard InChI is InChI=1S/C22H24N4O3/c1-25(14-18-9-11-20(28-2)21(13-18)29-3)22(27)12-10-19-16-26(24-23-19)15-17-7-5-4-6-8-17/h4-13,16H,14-15H2,1-3H3/b12-10+. The second-order valence-corrected chi connectivity index (χ2v) is 6.54. The number of rotatable bonds is 8. The minimum atomic E-state index is -0.127. The van der Waals surface area contributed by atoms with Crippen molar-refractivity contribution in [1.82, 2.24) is 19.9 Å². The first-order chi connectivity index (χ1) is 14.1. The molecule has 0 saturated carbocycles. The fraction of sp³-hybridized carbons (Fsp3) is 0.227. The molecule has 3 aromatic rings. The van der Waals surface area contributed by atoms with E-state index < -0.39 is 0 Å². The van der Waals surface area contributed by atoms with Gasteiger partial charge in [-0.05, 0) is 29.3 Å². The first-order valence-electron chi connectivity index (χ1n) is 9.17. The van der Waals surface area contributed by atoms with Gasteiger partial charge in [0.15, 0.2) is 11.5 Å². The zero-order chi connectivity index (χ0) is 20.6. The van der Waals surface area contributed by atoms with E-state index in [4.69, 9.17) is 9.47 Å². The molecule has 7 heteroatoms. The molecule has 0 aliphatic rings. The number of hydrogen-bond acceptors (Lipinski definition) is 5. The lowest BCUT2D eigenvalue weighted by Crippen LogP contribution is -2.24. The third-order valence-corrected chi connectivity index (χ3v) is 4.38. The van der Waals surface area contributed by atoms with Crippen LogP contribution in [0.2, 0.25) is 0 Å². The van der Waals surface area contributed by atoms with Gasteiger partial charge in [0.25, 0.3) is 0 Å². The fourth-order valence-corrected chi connectivity index (χ4v) is 2.85. The number of ether oxygens (including phenoxy) is 2. The van der Waals surface area contributed by atoms with Gasteiger partial charge in [-0.15, -0.1) is 5.10 Å². The van der Waals surface area contributed by atoms with Crippen molar-refractivity contribution in [3.05, 3.63) is 77.6 Å². The topological polar surface area (TPSA) is 69.5 Å². The van der Waals surface area contributed by atoms with E-state index in [-0.39, 0.29) is 5.91 Å². The average Bonchev–Trinajstić information content (AvgIpc) is 3.19. The van der Waals surface area contributed by atoms with Crippen molar-refractivity contribution in [3.63, 3.8) is 0 Å². The van der Waals surface area contributed by atoms with Crippen molar-refractivity contribution in [2.45, 2.75) is 13.1 Å². The van der Waals surface area contributed by atoms with Gasteiger partial charge in [0.05, 0.1) is 27.0 Å². The first-order valence-corrected chi connectivity index (χ1v) is 9.17. The van der Waals surface area contributed by atoms with Crippen LogP contribution in [0.4, 0.5) is 0 Å². The second kappa shape index (κ2) is 9.54. The van der Waals surface area contributed by atoms with E-state index in [2.05, 4.69) is 10.3 Å². The summed E-state index contributed by atoms with van der Waals surface area (Å²) in [5, 5.41) is 8.20. The maximum Gasteiger partial charge on any atom is 0.246 e. The number of carbonyl (C=O) groups excluding carboxylic acids is 1. The summed E-state index contributed by atoms with van der Waals surface area (Å²) in [7, 11) is 4.92. The van der Waals surface area contributed by atoms with Crippen LogP contribution in [0.5, 0.6) is 11.5 Å². The monoisotopic (exact) mass is 392 g/mol. The van der Waals surface area contributed by atoms with Crippen LogP contribution >= 0.6 is 0 Å². The summed E-state index contributed by atoms with van der Waals surface area (Å²) in [6.45, 7) is 1.08. The predicted octanol–water partition coefficient (Wildman–Crippen LogP) is 3.02. The van der Waals surface area contributed by atoms with E-state index in [0.717, 1.165) is 11.1 Å². The van der Waals surface area contributed by atoms with Crippen LogP contribution in [0.1, 0.15) is 16.8 Å². The minimum absolute atomic E-state index is 0.127. The lowest BCUT2D eigenvalue weighted by atomic mass is 10.2. The molecule has 0 fully saturated rings. The molecule has 150 valence electrons. The zero-order valence-corrected chi connectivity index (χ0v) is 16.8. The highest BCUT2D eigenvalue weighted by atomic mass is 16.5. The van der Waals surface area contributed by atoms with Crippen molar-refractivity contribution >= 4 is 12.0 Å². The molecule has 0 saturated heterocycles. The van der Waals surface area contributed by atoms with Gasteiger partial charge in [-0.1, -0.05) is 41.6 Å². The van der Waals surface area contributed by atoms with Gasteiger partial charge in [-0.2, -0.15) is 0 Å². The van der Waals surface area contributed by atoms with Crippen molar-refractivity contribution in [3.8, 4) is 11.5 Å². The fourth-order valence-electron chi connectivity index (χ4n) is 2.85. The average molecular weight is 392 g/mol. The molecular formula is C22H24N4O3. The molecule has 0 bridgehead atoms. The predicted molar refractivity (Wildman–Crippen MR) is 111 cm³/mol. The number of carbonyl (C=O) groups is 1. The normalized spacial score (nSPS) is 10.9. The third-order valence-electron chi connectivity index (χ3n) is 4.38. The minimum Gasteiger partial charge on any atom is -0.493 e. The molecule has 0 radical (unpaired) electrons. The van der Waals surface area contributed by atoms with Gasteiger partial charge in [0.2, 0.25) is 5.91 Å². The number of likely N-dealkylation sites (N-methyl/N-ethyl adjacent to an activating group) is 1. The molecule has 3 rings (SSSR count). The summed E-state index contributed by atoms with van der Waals surface area (Å²) in [5.41, 5.74) is 2.72. The van der Waals surface area contributed by atoms with E-state index >= 15 is 0 Å². The molecule has 2 aromatic carbocycles. The van der Waals surface area contributed by atoms with Crippen molar-refractivity contribution in [1.29, 1.82) is 0 Å². The molecule has 0 atom stereocenters. The van der Waals surface area contributed by atoms with Crippen molar-refractivity contribution in [2.24, 2.45) is 0 Å². The van der Waals surface area contributed by atoms with Gasteiger partial charge in [0, 0.05) is 19.7 Å². The van der Waals surface area contributed by atoms with Crippen molar-refractivity contribution < 1.29 is 14.3 Å². The number of benzene rings is 2. The van der Waals surface area contributed by atoms with Gasteiger partial charge >= 0.3 is 0 Å². The smallest absolute Gasteiger partial charge is 0.246 e. The summed E-state index contributed by atoms with van der Waals surface area (Å²) in [4.78, 5) is 14.0. The van der Waals surface area contributed by atoms with E-state index in [0.29, 0.717) is 30.3 Å². The maximum absolute atomic E-state index is 12.4. The largest absolute Gasteiger partial charge is 0.493 e. The molecule has 0 aliphatic heterocycles. The van der Waals surface area contributed by atoms with E-state index in [1.807, 2.05) is 54.7 Å². The Morgan fingerprint density at radius 1 is 1.07 bits per heavy atom. The lowest BCUT2D eigenvalue weighted by molar-refractivity contribution is -0.125. The molecule has 1 aromatic heterocycles. The Kier molecular flexibility index (Phi) is 6.63. The molecule has 0 unspecified atom stereocenters. The maximum atomic E-state index is 12.4. The van der Waals surface area contributed by atoms with Gasteiger partial charge < -0.3 is 14.4 Å². The highest BCUT2D eigenvalue weighted by molar-refractivity contribution is 5.91. The summed E-state index contributed by atoms with van der Waals surface area (Å²) in [6.07, 6.45) is 4.98. The summed E-state index contributed by atoms with van der Waals surface area (Å²) >= 11 is 0. The lowest BCUT2D eigenvalue weighted by Gasteiger charge is -2.16. The van der Waals surface area contributed by atoms with E-state index in [1.165, 1.54) is 6.08 Å². The Balaban J connectivity index is 1.59. The van der Waals surface area contributed by atoms with Crippen molar-refractivity contribution in [2.75, 3.05) is 21.3 Å². The van der Waals surface area contributed by atoms with Crippen LogP contribution in [0.15, 0.2) is 60.8 Å². The van der Waals surface area contributed by atoms with Crippen LogP contribution in [-0.4, -0.2) is 47.1 Å². The Morgan fingerprint density at radius 3 is 2.55 bits per heavy atom. The number of methoxy groups -OCH3 is 2. The molecule has 0 spiro atoms. The van der Waals surface area contributed by atoms with E-state index in [1.54, 1.807) is 36.9 Å². The zero-order valence-electron chi connectivity index (χ0n) is 16.8. The van der Waals surface area contributed by atoms with Gasteiger partial charge in [0.1, 0.15) is 5.69 Å². The molecule has 1 amide bonds. The summed E-state index contributed by atoms with van der Waals surface area (Å²) in [6, 6.07) is 15.6. The van der Waals surface area contributed by atoms with Crippen LogP contribution in [0, 0.1) is 0 Å². The van der Waals surface area contributed by atoms with Gasteiger partial charge in [-0.3, -0.25) is 4.79 Å². The van der Waals surface area contributed by atoms with Crippen LogP contribution in [0.25, 0.3) is 6.08 Å². The first kappa shape index (κ1) is 20.1. The summed E-state index contributed by atoms with van der Waals surface area (Å²) < 4.78 is 12.3. The highest BCUT2D eigenvalue weighted by Crippen LogP contribution is 2.27. The van der Waals surface area contributed by atoms with Crippen LogP contribution in [0.3, 0.4) is 0 Å². The SMILES string of the molecule is COc1ccc(CN(C)C(=O)/C=C/c2cn(Cc3ccccc3)nn2)cc1OC. The quantitative estimate of drug-likeness (QED) is 0.551. The molecule has 7 nitrogen and oxygen atoms in total. The molecule has 29 heavy (non-hydrogen) atoms. The Bertz CT molecular complexity index is 983. The third kappa shape index (κ3) is 5.44. The number of hydrogen-bond donors (Lipinski definition) is 0. The second-order valence-electron chi connectivity index (χ2n) is 6.54. The molecular weight excluding hydrogens is 368 g/mol. The Morgan fingerprint density at radius 2 is 1.83 bits per heavy atom. The number of amides is 1. The number of nitrogens with zero attached hydrogens (tertiary/aromatic N) is 4. The van der Waals surface area contributed by atoms with Gasteiger partial charge in [-0.25, -0.2) is 4.68 Å². The Labute approximate surface area is 170 Å². The Hall–Kier alpha value is -3.61. The molecule has 0 N–H and O–H groups in total. The van der Waals surface area contributed by atoms with Crippen LogP contribution < -0.4 is 9.47 Å². The van der Waals surface area contributed by atoms with E-state index in [9.17, 15) is 4.79 Å². The highest BCUT2D eigenvalue weighted by Gasteiger charge is 2.10. The summed E-state index contributed by atoms with van der Waals surface area (Å²) in [5.74, 6) is 1.16. The molecule has 0 aliphatic carbocycles. The van der Waals surface area contributed by atoms with Crippen LogP contribution in [-0.2, 0) is 17.9 Å². The number of aromatic nitrogens is 3.